The lowest BCUT2D eigenvalue weighted by Gasteiger charge is -2.11. The molecule has 32 heavy (non-hydrogen) atoms. The number of methoxy groups -OCH3 is 1. The predicted molar refractivity (Wildman–Crippen MR) is 128 cm³/mol. The number of anilines is 1. The number of thiocarbonyl (C=S) groups is 1. The summed E-state index contributed by atoms with van der Waals surface area (Å²) >= 11 is 5.27. The fourth-order valence-electron chi connectivity index (χ4n) is 3.02. The van der Waals surface area contributed by atoms with Gasteiger partial charge in [0.25, 0.3) is 0 Å². The van der Waals surface area contributed by atoms with Gasteiger partial charge in [-0.05, 0) is 78.8 Å². The van der Waals surface area contributed by atoms with Gasteiger partial charge in [-0.25, -0.2) is 4.98 Å². The van der Waals surface area contributed by atoms with Gasteiger partial charge in [-0.15, -0.1) is 0 Å². The van der Waals surface area contributed by atoms with Crippen LogP contribution in [0.1, 0.15) is 11.1 Å². The van der Waals surface area contributed by atoms with E-state index < -0.39 is 0 Å². The summed E-state index contributed by atoms with van der Waals surface area (Å²) < 4.78 is 10.9. The van der Waals surface area contributed by atoms with E-state index in [9.17, 15) is 4.79 Å². The Labute approximate surface area is 190 Å². The molecule has 7 nitrogen and oxygen atoms in total. The van der Waals surface area contributed by atoms with Gasteiger partial charge in [0.15, 0.2) is 16.3 Å². The van der Waals surface area contributed by atoms with Crippen LogP contribution in [0.5, 0.6) is 5.75 Å². The Bertz CT molecular complexity index is 1280. The monoisotopic (exact) mass is 444 g/mol. The quantitative estimate of drug-likeness (QED) is 0.340. The molecule has 0 fully saturated rings. The first-order valence-electron chi connectivity index (χ1n) is 9.78. The lowest BCUT2D eigenvalue weighted by molar-refractivity contribution is -0.115. The van der Waals surface area contributed by atoms with Crippen molar-refractivity contribution in [2.75, 3.05) is 12.4 Å². The normalized spacial score (nSPS) is 10.9. The Morgan fingerprint density at radius 1 is 1.16 bits per heavy atom. The zero-order valence-electron chi connectivity index (χ0n) is 17.5. The number of hydrogen-bond acceptors (Lipinski definition) is 6. The van der Waals surface area contributed by atoms with E-state index in [-0.39, 0.29) is 11.0 Å². The summed E-state index contributed by atoms with van der Waals surface area (Å²) in [5, 5.41) is 5.89. The number of carbonyl (C=O) groups is 1. The Morgan fingerprint density at radius 3 is 2.69 bits per heavy atom. The number of carbonyl (C=O) groups excluding carboxylic acids is 1. The zero-order chi connectivity index (χ0) is 22.5. The molecule has 4 rings (SSSR count). The molecular formula is C24H20N4O3S. The highest BCUT2D eigenvalue weighted by molar-refractivity contribution is 7.80. The minimum Gasteiger partial charge on any atom is -0.497 e. The molecule has 0 spiro atoms. The van der Waals surface area contributed by atoms with Crippen molar-refractivity contribution < 1.29 is 13.9 Å². The van der Waals surface area contributed by atoms with Crippen LogP contribution in [0.4, 0.5) is 5.69 Å². The van der Waals surface area contributed by atoms with Crippen molar-refractivity contribution in [3.8, 4) is 17.2 Å². The molecule has 0 aliphatic heterocycles. The molecule has 2 heterocycles. The third kappa shape index (κ3) is 4.98. The van der Waals surface area contributed by atoms with Gasteiger partial charge in [-0.3, -0.25) is 10.1 Å². The van der Waals surface area contributed by atoms with Crippen LogP contribution in [-0.2, 0) is 4.79 Å². The van der Waals surface area contributed by atoms with Crippen molar-refractivity contribution in [1.82, 2.24) is 15.3 Å². The predicted octanol–water partition coefficient (Wildman–Crippen LogP) is 4.73. The molecule has 0 radical (unpaired) electrons. The summed E-state index contributed by atoms with van der Waals surface area (Å²) in [6.45, 7) is 1.93. The SMILES string of the molecule is COc1ccc(/C=C/C(=O)NC(=S)Nc2ccc(-c3nc4ncccc4o3)cc2C)cc1. The fraction of sp³-hybridized carbons (Fsp3) is 0.0833. The first-order chi connectivity index (χ1) is 15.5. The second-order valence-electron chi connectivity index (χ2n) is 6.92. The molecule has 0 aliphatic rings. The number of amides is 1. The Kier molecular flexibility index (Phi) is 6.23. The van der Waals surface area contributed by atoms with Crippen molar-refractivity contribution >= 4 is 46.2 Å². The van der Waals surface area contributed by atoms with Crippen molar-refractivity contribution in [2.24, 2.45) is 0 Å². The van der Waals surface area contributed by atoms with Crippen molar-refractivity contribution in [1.29, 1.82) is 0 Å². The summed E-state index contributed by atoms with van der Waals surface area (Å²) in [6.07, 6.45) is 4.80. The standard InChI is InChI=1S/C24H20N4O3S/c1-15-14-17(23-28-22-20(31-23)4-3-13-25-22)8-11-19(15)26-24(32)27-21(29)12-7-16-5-9-18(30-2)10-6-16/h3-14H,1-2H3,(H2,26,27,29,32)/b12-7+. The molecule has 0 atom stereocenters. The summed E-state index contributed by atoms with van der Waals surface area (Å²) in [6, 6.07) is 16.7. The first kappa shape index (κ1) is 21.2. The number of fused-ring (bicyclic) bond motifs is 1. The average molecular weight is 445 g/mol. The molecule has 160 valence electrons. The lowest BCUT2D eigenvalue weighted by atomic mass is 10.1. The van der Waals surface area contributed by atoms with E-state index in [0.717, 1.165) is 28.1 Å². The number of rotatable bonds is 5. The molecule has 8 heteroatoms. The topological polar surface area (TPSA) is 89.3 Å². The number of ether oxygens (including phenoxy) is 1. The fourth-order valence-corrected chi connectivity index (χ4v) is 3.23. The van der Waals surface area contributed by atoms with Gasteiger partial charge >= 0.3 is 0 Å². The summed E-state index contributed by atoms with van der Waals surface area (Å²) in [4.78, 5) is 20.8. The van der Waals surface area contributed by atoms with Crippen LogP contribution in [-0.4, -0.2) is 28.1 Å². The number of pyridine rings is 1. The molecule has 2 aromatic carbocycles. The minimum atomic E-state index is -0.327. The van der Waals surface area contributed by atoms with Gasteiger partial charge in [0.1, 0.15) is 5.75 Å². The molecule has 0 unspecified atom stereocenters. The Balaban J connectivity index is 1.38. The number of oxazole rings is 1. The van der Waals surface area contributed by atoms with Crippen molar-refractivity contribution in [2.45, 2.75) is 6.92 Å². The molecule has 2 N–H and O–H groups in total. The number of benzene rings is 2. The molecule has 0 saturated carbocycles. The highest BCUT2D eigenvalue weighted by atomic mass is 32.1. The van der Waals surface area contributed by atoms with E-state index in [1.807, 2.05) is 55.5 Å². The summed E-state index contributed by atoms with van der Waals surface area (Å²) in [5.41, 5.74) is 4.59. The zero-order valence-corrected chi connectivity index (χ0v) is 18.3. The van der Waals surface area contributed by atoms with Gasteiger partial charge in [-0.1, -0.05) is 12.1 Å². The lowest BCUT2D eigenvalue weighted by Crippen LogP contribution is -2.33. The van der Waals surface area contributed by atoms with E-state index in [2.05, 4.69) is 20.6 Å². The molecule has 1 amide bonds. The van der Waals surface area contributed by atoms with Gasteiger partial charge in [0.2, 0.25) is 11.8 Å². The van der Waals surface area contributed by atoms with Crippen LogP contribution in [0.25, 0.3) is 28.8 Å². The van der Waals surface area contributed by atoms with Crippen LogP contribution >= 0.6 is 12.2 Å². The third-order valence-electron chi connectivity index (χ3n) is 4.67. The average Bonchev–Trinajstić information content (AvgIpc) is 3.24. The second kappa shape index (κ2) is 9.40. The summed E-state index contributed by atoms with van der Waals surface area (Å²) in [5.74, 6) is 0.922. The molecule has 0 bridgehead atoms. The molecule has 4 aromatic rings. The van der Waals surface area contributed by atoms with Gasteiger partial charge in [-0.2, -0.15) is 4.98 Å². The number of nitrogens with one attached hydrogen (secondary N) is 2. The van der Waals surface area contributed by atoms with Gasteiger partial charge in [0, 0.05) is 23.5 Å². The maximum Gasteiger partial charge on any atom is 0.250 e. The van der Waals surface area contributed by atoms with Crippen molar-refractivity contribution in [3.05, 3.63) is 78.0 Å². The minimum absolute atomic E-state index is 0.205. The number of aryl methyl sites for hydroxylation is 1. The molecule has 0 saturated heterocycles. The van der Waals surface area contributed by atoms with Crippen molar-refractivity contribution in [3.63, 3.8) is 0 Å². The smallest absolute Gasteiger partial charge is 0.250 e. The van der Waals surface area contributed by atoms with Gasteiger partial charge in [0.05, 0.1) is 7.11 Å². The maximum absolute atomic E-state index is 12.2. The van der Waals surface area contributed by atoms with Crippen LogP contribution in [0.15, 0.2) is 71.3 Å². The van der Waals surface area contributed by atoms with Crippen LogP contribution in [0.3, 0.4) is 0 Å². The van der Waals surface area contributed by atoms with E-state index in [1.165, 1.54) is 6.08 Å². The van der Waals surface area contributed by atoms with Crippen LogP contribution in [0.2, 0.25) is 0 Å². The van der Waals surface area contributed by atoms with E-state index >= 15 is 0 Å². The van der Waals surface area contributed by atoms with Crippen LogP contribution in [0, 0.1) is 6.92 Å². The highest BCUT2D eigenvalue weighted by Crippen LogP contribution is 2.26. The largest absolute Gasteiger partial charge is 0.497 e. The molecular weight excluding hydrogens is 424 g/mol. The maximum atomic E-state index is 12.2. The number of aromatic nitrogens is 2. The summed E-state index contributed by atoms with van der Waals surface area (Å²) in [7, 11) is 1.61. The Hall–Kier alpha value is -4.04. The van der Waals surface area contributed by atoms with Gasteiger partial charge < -0.3 is 14.5 Å². The van der Waals surface area contributed by atoms with Crippen LogP contribution < -0.4 is 15.4 Å². The number of hydrogen-bond donors (Lipinski definition) is 2. The van der Waals surface area contributed by atoms with E-state index in [4.69, 9.17) is 21.4 Å². The first-order valence-corrected chi connectivity index (χ1v) is 10.2. The molecule has 2 aromatic heterocycles. The molecule has 0 aliphatic carbocycles. The van der Waals surface area contributed by atoms with E-state index in [0.29, 0.717) is 17.1 Å². The highest BCUT2D eigenvalue weighted by Gasteiger charge is 2.11. The van der Waals surface area contributed by atoms with E-state index in [1.54, 1.807) is 25.4 Å². The third-order valence-corrected chi connectivity index (χ3v) is 4.87. The second-order valence-corrected chi connectivity index (χ2v) is 7.33. The number of nitrogens with zero attached hydrogens (tertiary/aromatic N) is 2. The Morgan fingerprint density at radius 2 is 1.97 bits per heavy atom.